The lowest BCUT2D eigenvalue weighted by atomic mass is 10.2. The van der Waals surface area contributed by atoms with Crippen LogP contribution in [0.15, 0.2) is 18.2 Å². The van der Waals surface area contributed by atoms with Crippen LogP contribution in [0.1, 0.15) is 19.3 Å². The molecule has 1 heterocycles. The van der Waals surface area contributed by atoms with Crippen LogP contribution in [0.5, 0.6) is 0 Å². The molecule has 1 unspecified atom stereocenters. The molecule has 3 rings (SSSR count). The van der Waals surface area contributed by atoms with Crippen LogP contribution in [-0.2, 0) is 0 Å². The van der Waals surface area contributed by atoms with E-state index in [2.05, 4.69) is 10.2 Å². The van der Waals surface area contributed by atoms with Crippen molar-refractivity contribution in [3.8, 4) is 0 Å². The molecule has 0 spiro atoms. The topological polar surface area (TPSA) is 15.3 Å². The van der Waals surface area contributed by atoms with Gasteiger partial charge in [0.2, 0.25) is 0 Å². The van der Waals surface area contributed by atoms with Gasteiger partial charge < -0.3 is 10.2 Å². The predicted octanol–water partition coefficient (Wildman–Crippen LogP) is 3.32. The van der Waals surface area contributed by atoms with Gasteiger partial charge in [0.05, 0.1) is 15.7 Å². The summed E-state index contributed by atoms with van der Waals surface area (Å²) in [6.07, 6.45) is 3.88. The second kappa shape index (κ2) is 4.68. The Bertz CT molecular complexity index is 418. The zero-order chi connectivity index (χ0) is 11.8. The minimum atomic E-state index is 0.609. The van der Waals surface area contributed by atoms with E-state index in [-0.39, 0.29) is 0 Å². The van der Waals surface area contributed by atoms with Gasteiger partial charge in [0.15, 0.2) is 0 Å². The van der Waals surface area contributed by atoms with Crippen LogP contribution in [0.4, 0.5) is 5.69 Å². The molecule has 1 N–H and O–H groups in total. The number of benzene rings is 1. The fourth-order valence-electron chi connectivity index (χ4n) is 2.44. The molecule has 1 saturated carbocycles. The summed E-state index contributed by atoms with van der Waals surface area (Å²) in [6, 6.07) is 7.23. The predicted molar refractivity (Wildman–Crippen MR) is 73.2 cm³/mol. The summed E-state index contributed by atoms with van der Waals surface area (Å²) in [5.41, 5.74) is 1.07. The van der Waals surface area contributed by atoms with Crippen molar-refractivity contribution in [2.45, 2.75) is 31.3 Å². The third kappa shape index (κ3) is 2.54. The molecule has 92 valence electrons. The lowest BCUT2D eigenvalue weighted by Gasteiger charge is -2.20. The van der Waals surface area contributed by atoms with Gasteiger partial charge in [-0.1, -0.05) is 29.3 Å². The highest BCUT2D eigenvalue weighted by Crippen LogP contribution is 2.34. The van der Waals surface area contributed by atoms with Crippen molar-refractivity contribution in [2.24, 2.45) is 0 Å². The first-order valence-corrected chi connectivity index (χ1v) is 6.94. The smallest absolute Gasteiger partial charge is 0.0825 e. The normalized spacial score (nSPS) is 24.4. The maximum absolute atomic E-state index is 6.25. The van der Waals surface area contributed by atoms with Gasteiger partial charge in [0.25, 0.3) is 0 Å². The Balaban J connectivity index is 1.70. The molecule has 1 aromatic rings. The van der Waals surface area contributed by atoms with Crippen LogP contribution in [0, 0.1) is 0 Å². The Morgan fingerprint density at radius 1 is 1.12 bits per heavy atom. The zero-order valence-corrected chi connectivity index (χ0v) is 11.1. The fraction of sp³-hybridized carbons (Fsp3) is 0.538. The van der Waals surface area contributed by atoms with E-state index >= 15 is 0 Å². The van der Waals surface area contributed by atoms with Crippen LogP contribution in [-0.4, -0.2) is 25.2 Å². The van der Waals surface area contributed by atoms with Crippen LogP contribution < -0.4 is 10.2 Å². The standard InChI is InChI=1S/C13H16Cl2N2/c14-11-2-1-3-12(13(11)15)17-7-6-10(8-17)16-9-4-5-9/h1-3,9-10,16H,4-8H2. The van der Waals surface area contributed by atoms with Crippen molar-refractivity contribution in [3.63, 3.8) is 0 Å². The van der Waals surface area contributed by atoms with E-state index in [1.165, 1.54) is 19.3 Å². The van der Waals surface area contributed by atoms with Crippen molar-refractivity contribution in [1.82, 2.24) is 5.32 Å². The SMILES string of the molecule is Clc1cccc(N2CCC(NC3CC3)C2)c1Cl. The molecular formula is C13H16Cl2N2. The monoisotopic (exact) mass is 270 g/mol. The summed E-state index contributed by atoms with van der Waals surface area (Å²) < 4.78 is 0. The van der Waals surface area contributed by atoms with Crippen LogP contribution in [0.2, 0.25) is 10.0 Å². The maximum Gasteiger partial charge on any atom is 0.0825 e. The summed E-state index contributed by atoms with van der Waals surface area (Å²) in [5.74, 6) is 0. The molecule has 1 atom stereocenters. The first-order valence-electron chi connectivity index (χ1n) is 6.19. The van der Waals surface area contributed by atoms with E-state index in [1.807, 2.05) is 18.2 Å². The molecule has 0 aromatic heterocycles. The Labute approximate surface area is 112 Å². The molecule has 17 heavy (non-hydrogen) atoms. The summed E-state index contributed by atoms with van der Waals surface area (Å²) in [5, 5.41) is 4.99. The highest BCUT2D eigenvalue weighted by Gasteiger charge is 2.29. The molecule has 0 radical (unpaired) electrons. The molecular weight excluding hydrogens is 255 g/mol. The highest BCUT2D eigenvalue weighted by atomic mass is 35.5. The average Bonchev–Trinajstić information content (AvgIpc) is 3.00. The van der Waals surface area contributed by atoms with Crippen molar-refractivity contribution >= 4 is 28.9 Å². The number of anilines is 1. The minimum absolute atomic E-state index is 0.609. The van der Waals surface area contributed by atoms with Crippen molar-refractivity contribution in [3.05, 3.63) is 28.2 Å². The summed E-state index contributed by atoms with van der Waals surface area (Å²) in [7, 11) is 0. The summed E-state index contributed by atoms with van der Waals surface area (Å²) in [4.78, 5) is 2.33. The fourth-order valence-corrected chi connectivity index (χ4v) is 2.85. The van der Waals surface area contributed by atoms with Gasteiger partial charge in [-0.3, -0.25) is 0 Å². The van der Waals surface area contributed by atoms with Crippen LogP contribution >= 0.6 is 23.2 Å². The van der Waals surface area contributed by atoms with Gasteiger partial charge in [-0.25, -0.2) is 0 Å². The van der Waals surface area contributed by atoms with Gasteiger partial charge in [0.1, 0.15) is 0 Å². The van der Waals surface area contributed by atoms with Gasteiger partial charge in [-0.15, -0.1) is 0 Å². The van der Waals surface area contributed by atoms with E-state index in [0.717, 1.165) is 24.8 Å². The summed E-state index contributed by atoms with van der Waals surface area (Å²) in [6.45, 7) is 2.10. The molecule has 0 bridgehead atoms. The second-order valence-corrected chi connectivity index (χ2v) is 5.73. The molecule has 2 fully saturated rings. The number of nitrogens with zero attached hydrogens (tertiary/aromatic N) is 1. The first-order chi connectivity index (χ1) is 8.24. The summed E-state index contributed by atoms with van der Waals surface area (Å²) >= 11 is 12.3. The number of rotatable bonds is 3. The number of nitrogens with one attached hydrogen (secondary N) is 1. The molecule has 1 aliphatic carbocycles. The molecule has 4 heteroatoms. The molecule has 1 aromatic carbocycles. The average molecular weight is 271 g/mol. The van der Waals surface area contributed by atoms with E-state index in [4.69, 9.17) is 23.2 Å². The largest absolute Gasteiger partial charge is 0.369 e. The van der Waals surface area contributed by atoms with Crippen LogP contribution in [0.3, 0.4) is 0 Å². The van der Waals surface area contributed by atoms with Crippen molar-refractivity contribution in [2.75, 3.05) is 18.0 Å². The third-order valence-electron chi connectivity index (χ3n) is 3.51. The Morgan fingerprint density at radius 2 is 1.94 bits per heavy atom. The zero-order valence-electron chi connectivity index (χ0n) is 9.63. The van der Waals surface area contributed by atoms with E-state index in [0.29, 0.717) is 16.1 Å². The lowest BCUT2D eigenvalue weighted by Crippen LogP contribution is -2.34. The van der Waals surface area contributed by atoms with E-state index in [1.54, 1.807) is 0 Å². The quantitative estimate of drug-likeness (QED) is 0.907. The maximum atomic E-state index is 6.25. The molecule has 2 nitrogen and oxygen atoms in total. The van der Waals surface area contributed by atoms with Crippen molar-refractivity contribution in [1.29, 1.82) is 0 Å². The van der Waals surface area contributed by atoms with Gasteiger partial charge in [-0.2, -0.15) is 0 Å². The molecule has 1 saturated heterocycles. The number of hydrogen-bond acceptors (Lipinski definition) is 2. The van der Waals surface area contributed by atoms with Gasteiger partial charge >= 0.3 is 0 Å². The van der Waals surface area contributed by atoms with Gasteiger partial charge in [-0.05, 0) is 31.4 Å². The van der Waals surface area contributed by atoms with E-state index in [9.17, 15) is 0 Å². The third-order valence-corrected chi connectivity index (χ3v) is 4.32. The Morgan fingerprint density at radius 3 is 2.71 bits per heavy atom. The second-order valence-electron chi connectivity index (χ2n) is 4.95. The molecule has 0 amide bonds. The molecule has 2 aliphatic rings. The highest BCUT2D eigenvalue weighted by molar-refractivity contribution is 6.43. The minimum Gasteiger partial charge on any atom is -0.369 e. The molecule has 1 aliphatic heterocycles. The Kier molecular flexibility index (Phi) is 3.20. The number of halogens is 2. The lowest BCUT2D eigenvalue weighted by molar-refractivity contribution is 0.548. The van der Waals surface area contributed by atoms with Gasteiger partial charge in [0, 0.05) is 25.2 Å². The van der Waals surface area contributed by atoms with Crippen LogP contribution in [0.25, 0.3) is 0 Å². The Hall–Kier alpha value is -0.440. The van der Waals surface area contributed by atoms with E-state index < -0.39 is 0 Å². The number of hydrogen-bond donors (Lipinski definition) is 1. The first kappa shape index (κ1) is 11.6. The van der Waals surface area contributed by atoms with Crippen molar-refractivity contribution < 1.29 is 0 Å².